The summed E-state index contributed by atoms with van der Waals surface area (Å²) in [5, 5.41) is 0. The Morgan fingerprint density at radius 2 is 1.64 bits per heavy atom. The van der Waals surface area contributed by atoms with E-state index in [1.807, 2.05) is 13.0 Å². The highest BCUT2D eigenvalue weighted by atomic mass is 32.2. The van der Waals surface area contributed by atoms with Crippen molar-refractivity contribution in [1.29, 1.82) is 0 Å². The zero-order valence-electron chi connectivity index (χ0n) is 14.6. The van der Waals surface area contributed by atoms with Gasteiger partial charge < -0.3 is 0 Å². The molecule has 0 N–H and O–H groups in total. The van der Waals surface area contributed by atoms with Crippen LogP contribution in [-0.4, -0.2) is 50.8 Å². The predicted molar refractivity (Wildman–Crippen MR) is 97.2 cm³/mol. The Kier molecular flexibility index (Phi) is 5.53. The minimum Gasteiger partial charge on any atom is -0.212 e. The highest BCUT2D eigenvalue weighted by Gasteiger charge is 2.29. The second kappa shape index (κ2) is 7.34. The van der Waals surface area contributed by atoms with Gasteiger partial charge in [0.2, 0.25) is 20.0 Å². The van der Waals surface area contributed by atoms with Crippen LogP contribution in [0.15, 0.2) is 23.1 Å². The Morgan fingerprint density at radius 1 is 0.920 bits per heavy atom. The molecule has 3 rings (SSSR count). The molecule has 1 fully saturated rings. The highest BCUT2D eigenvalue weighted by molar-refractivity contribution is 7.89. The Morgan fingerprint density at radius 3 is 2.32 bits per heavy atom. The monoisotopic (exact) mass is 386 g/mol. The zero-order valence-corrected chi connectivity index (χ0v) is 16.3. The lowest BCUT2D eigenvalue weighted by Gasteiger charge is -2.29. The minimum absolute atomic E-state index is 0.133. The molecule has 2 heterocycles. The van der Waals surface area contributed by atoms with Crippen molar-refractivity contribution in [2.24, 2.45) is 0 Å². The van der Waals surface area contributed by atoms with Crippen molar-refractivity contribution in [2.45, 2.75) is 50.5 Å². The first-order valence-electron chi connectivity index (χ1n) is 8.94. The van der Waals surface area contributed by atoms with Gasteiger partial charge in [0.05, 0.1) is 10.6 Å². The van der Waals surface area contributed by atoms with E-state index in [-0.39, 0.29) is 17.2 Å². The fourth-order valence-electron chi connectivity index (χ4n) is 3.55. The molecule has 0 atom stereocenters. The molecule has 1 aromatic carbocycles. The molecule has 2 aliphatic heterocycles. The van der Waals surface area contributed by atoms with E-state index >= 15 is 0 Å². The number of fused-ring (bicyclic) bond motifs is 1. The number of hydrogen-bond acceptors (Lipinski definition) is 4. The van der Waals surface area contributed by atoms with E-state index in [1.165, 1.54) is 4.31 Å². The second-order valence-electron chi connectivity index (χ2n) is 6.79. The van der Waals surface area contributed by atoms with Crippen molar-refractivity contribution >= 4 is 20.0 Å². The van der Waals surface area contributed by atoms with Gasteiger partial charge >= 0.3 is 0 Å². The molecule has 2 aliphatic rings. The standard InChI is InChI=1S/C17H26N2O4S2/c1-2-12-24(20,21)19-11-8-15-6-7-17(13-16(15)14-19)25(22,23)18-9-4-3-5-10-18/h6-7,13H,2-5,8-12,14H2,1H3. The van der Waals surface area contributed by atoms with Gasteiger partial charge in [0, 0.05) is 26.2 Å². The fourth-order valence-corrected chi connectivity index (χ4v) is 6.59. The van der Waals surface area contributed by atoms with E-state index in [4.69, 9.17) is 0 Å². The zero-order chi connectivity index (χ0) is 18.1. The number of rotatable bonds is 5. The van der Waals surface area contributed by atoms with Crippen molar-refractivity contribution in [3.63, 3.8) is 0 Å². The van der Waals surface area contributed by atoms with Crippen LogP contribution in [0.1, 0.15) is 43.7 Å². The Balaban J connectivity index is 1.87. The average molecular weight is 387 g/mol. The molecule has 6 nitrogen and oxygen atoms in total. The first kappa shape index (κ1) is 18.8. The predicted octanol–water partition coefficient (Wildman–Crippen LogP) is 1.96. The summed E-state index contributed by atoms with van der Waals surface area (Å²) < 4.78 is 53.4. The average Bonchev–Trinajstić information content (AvgIpc) is 2.61. The summed E-state index contributed by atoms with van der Waals surface area (Å²) in [5.41, 5.74) is 1.85. The third kappa shape index (κ3) is 3.92. The first-order chi connectivity index (χ1) is 11.8. The SMILES string of the molecule is CCCS(=O)(=O)N1CCc2ccc(S(=O)(=O)N3CCCCC3)cc2C1. The molecular formula is C17H26N2O4S2. The fraction of sp³-hybridized carbons (Fsp3) is 0.647. The molecule has 140 valence electrons. The van der Waals surface area contributed by atoms with Gasteiger partial charge in [-0.1, -0.05) is 19.4 Å². The van der Waals surface area contributed by atoms with Gasteiger partial charge in [0.1, 0.15) is 0 Å². The first-order valence-corrected chi connectivity index (χ1v) is 12.0. The van der Waals surface area contributed by atoms with Crippen LogP contribution in [0.4, 0.5) is 0 Å². The van der Waals surface area contributed by atoms with E-state index < -0.39 is 20.0 Å². The maximum atomic E-state index is 12.8. The lowest BCUT2D eigenvalue weighted by Crippen LogP contribution is -2.38. The summed E-state index contributed by atoms with van der Waals surface area (Å²) in [4.78, 5) is 0.280. The van der Waals surface area contributed by atoms with Gasteiger partial charge in [-0.05, 0) is 48.9 Å². The minimum atomic E-state index is -3.49. The van der Waals surface area contributed by atoms with Crippen LogP contribution in [0, 0.1) is 0 Å². The summed E-state index contributed by atoms with van der Waals surface area (Å²) in [5.74, 6) is 0.133. The normalized spacial score (nSPS) is 20.4. The molecule has 0 unspecified atom stereocenters. The second-order valence-corrected chi connectivity index (χ2v) is 10.8. The Hall–Kier alpha value is -0.960. The largest absolute Gasteiger partial charge is 0.243 e. The summed E-state index contributed by atoms with van der Waals surface area (Å²) in [7, 11) is -6.76. The third-order valence-corrected chi connectivity index (χ3v) is 8.88. The van der Waals surface area contributed by atoms with Gasteiger partial charge in [-0.3, -0.25) is 0 Å². The highest BCUT2D eigenvalue weighted by Crippen LogP contribution is 2.27. The quantitative estimate of drug-likeness (QED) is 0.775. The van der Waals surface area contributed by atoms with E-state index in [1.54, 1.807) is 16.4 Å². The molecule has 1 saturated heterocycles. The molecular weight excluding hydrogens is 360 g/mol. The van der Waals surface area contributed by atoms with E-state index in [0.717, 1.165) is 30.4 Å². The summed E-state index contributed by atoms with van der Waals surface area (Å²) in [6.45, 7) is 3.71. The summed E-state index contributed by atoms with van der Waals surface area (Å²) >= 11 is 0. The Labute approximate surface area is 150 Å². The van der Waals surface area contributed by atoms with Gasteiger partial charge in [0.25, 0.3) is 0 Å². The van der Waals surface area contributed by atoms with Crippen LogP contribution < -0.4 is 0 Å². The van der Waals surface area contributed by atoms with Crippen molar-refractivity contribution in [3.8, 4) is 0 Å². The molecule has 0 bridgehead atoms. The Bertz CT molecular complexity index is 828. The summed E-state index contributed by atoms with van der Waals surface area (Å²) in [6.07, 6.45) is 4.07. The van der Waals surface area contributed by atoms with Crippen LogP contribution in [-0.2, 0) is 33.0 Å². The van der Waals surface area contributed by atoms with Crippen molar-refractivity contribution in [2.75, 3.05) is 25.4 Å². The maximum absolute atomic E-state index is 12.8. The third-order valence-electron chi connectivity index (χ3n) is 4.96. The number of piperidine rings is 1. The van der Waals surface area contributed by atoms with Gasteiger partial charge in [-0.15, -0.1) is 0 Å². The van der Waals surface area contributed by atoms with Gasteiger partial charge in [-0.25, -0.2) is 16.8 Å². The smallest absolute Gasteiger partial charge is 0.212 e. The lowest BCUT2D eigenvalue weighted by atomic mass is 10.0. The molecule has 0 saturated carbocycles. The van der Waals surface area contributed by atoms with E-state index in [2.05, 4.69) is 0 Å². The van der Waals surface area contributed by atoms with E-state index in [0.29, 0.717) is 32.5 Å². The van der Waals surface area contributed by atoms with Crippen molar-refractivity contribution in [3.05, 3.63) is 29.3 Å². The van der Waals surface area contributed by atoms with Gasteiger partial charge in [-0.2, -0.15) is 8.61 Å². The van der Waals surface area contributed by atoms with Crippen molar-refractivity contribution < 1.29 is 16.8 Å². The topological polar surface area (TPSA) is 74.8 Å². The van der Waals surface area contributed by atoms with E-state index in [9.17, 15) is 16.8 Å². The van der Waals surface area contributed by atoms with Crippen LogP contribution in [0.3, 0.4) is 0 Å². The molecule has 0 aromatic heterocycles. The number of hydrogen-bond donors (Lipinski definition) is 0. The van der Waals surface area contributed by atoms with Crippen molar-refractivity contribution in [1.82, 2.24) is 8.61 Å². The molecule has 0 amide bonds. The van der Waals surface area contributed by atoms with Crippen LogP contribution in [0.2, 0.25) is 0 Å². The molecule has 1 aromatic rings. The molecule has 8 heteroatoms. The van der Waals surface area contributed by atoms with Crippen LogP contribution >= 0.6 is 0 Å². The number of nitrogens with zero attached hydrogens (tertiary/aromatic N) is 2. The number of sulfonamides is 2. The van der Waals surface area contributed by atoms with Gasteiger partial charge in [0.15, 0.2) is 0 Å². The van der Waals surface area contributed by atoms with Crippen LogP contribution in [0.25, 0.3) is 0 Å². The van der Waals surface area contributed by atoms with Crippen LogP contribution in [0.5, 0.6) is 0 Å². The maximum Gasteiger partial charge on any atom is 0.243 e. The summed E-state index contributed by atoms with van der Waals surface area (Å²) in [6, 6.07) is 5.18. The molecule has 0 radical (unpaired) electrons. The number of benzene rings is 1. The molecule has 0 spiro atoms. The molecule has 0 aliphatic carbocycles. The molecule has 25 heavy (non-hydrogen) atoms. The lowest BCUT2D eigenvalue weighted by molar-refractivity contribution is 0.346.